The smallest absolute Gasteiger partial charge is 0.254 e. The molecule has 4 rings (SSSR count). The van der Waals surface area contributed by atoms with Crippen LogP contribution >= 0.6 is 0 Å². The third kappa shape index (κ3) is 3.91. The summed E-state index contributed by atoms with van der Waals surface area (Å²) < 4.78 is 36.3. The number of sulfonamides is 1. The predicted molar refractivity (Wildman–Crippen MR) is 105 cm³/mol. The predicted octanol–water partition coefficient (Wildman–Crippen LogP) is 2.81. The molecule has 2 heterocycles. The van der Waals surface area contributed by atoms with E-state index in [9.17, 15) is 13.2 Å². The number of benzene rings is 2. The molecule has 0 spiro atoms. The molecule has 0 aromatic heterocycles. The van der Waals surface area contributed by atoms with Crippen LogP contribution in [0.5, 0.6) is 11.5 Å². The highest BCUT2D eigenvalue weighted by Crippen LogP contribution is 2.38. The van der Waals surface area contributed by atoms with Crippen molar-refractivity contribution in [3.05, 3.63) is 53.6 Å². The van der Waals surface area contributed by atoms with Crippen molar-refractivity contribution in [1.29, 1.82) is 0 Å². The summed E-state index contributed by atoms with van der Waals surface area (Å²) in [6.45, 7) is 1.75. The van der Waals surface area contributed by atoms with Gasteiger partial charge in [-0.05, 0) is 54.8 Å². The van der Waals surface area contributed by atoms with E-state index in [-0.39, 0.29) is 11.9 Å². The minimum absolute atomic E-state index is 0.0165. The van der Waals surface area contributed by atoms with E-state index < -0.39 is 10.0 Å². The molecule has 2 aromatic carbocycles. The first kappa shape index (κ1) is 18.6. The van der Waals surface area contributed by atoms with Gasteiger partial charge in [-0.25, -0.2) is 8.42 Å². The van der Waals surface area contributed by atoms with E-state index in [1.165, 1.54) is 0 Å². The van der Waals surface area contributed by atoms with E-state index in [4.69, 9.17) is 9.47 Å². The van der Waals surface area contributed by atoms with Crippen LogP contribution in [-0.2, 0) is 10.0 Å². The van der Waals surface area contributed by atoms with Crippen LogP contribution in [0.4, 0.5) is 5.69 Å². The van der Waals surface area contributed by atoms with Crippen molar-refractivity contribution in [2.75, 3.05) is 30.7 Å². The maximum Gasteiger partial charge on any atom is 0.254 e. The second-order valence-electron chi connectivity index (χ2n) is 7.01. The zero-order chi connectivity index (χ0) is 19.7. The van der Waals surface area contributed by atoms with E-state index in [2.05, 4.69) is 4.72 Å². The van der Waals surface area contributed by atoms with Gasteiger partial charge in [0.25, 0.3) is 5.91 Å². The lowest BCUT2D eigenvalue weighted by atomic mass is 10.0. The zero-order valence-corrected chi connectivity index (χ0v) is 16.4. The van der Waals surface area contributed by atoms with Gasteiger partial charge in [-0.1, -0.05) is 6.07 Å². The average Bonchev–Trinajstić information content (AvgIpc) is 3.16. The summed E-state index contributed by atoms with van der Waals surface area (Å²) in [5.74, 6) is 1.39. The third-order valence-corrected chi connectivity index (χ3v) is 5.51. The van der Waals surface area contributed by atoms with Gasteiger partial charge in [-0.2, -0.15) is 0 Å². The molecular weight excluding hydrogens is 380 g/mol. The highest BCUT2D eigenvalue weighted by atomic mass is 32.2. The Balaban J connectivity index is 1.54. The zero-order valence-electron chi connectivity index (χ0n) is 15.6. The second kappa shape index (κ2) is 7.35. The fraction of sp³-hybridized carbons (Fsp3) is 0.350. The first-order valence-corrected chi connectivity index (χ1v) is 11.1. The molecule has 0 aliphatic carbocycles. The van der Waals surface area contributed by atoms with Crippen molar-refractivity contribution in [3.8, 4) is 11.5 Å². The van der Waals surface area contributed by atoms with Crippen LogP contribution in [0.1, 0.15) is 34.8 Å². The quantitative estimate of drug-likeness (QED) is 0.850. The molecule has 0 bridgehead atoms. The largest absolute Gasteiger partial charge is 0.486 e. The van der Waals surface area contributed by atoms with E-state index in [1.54, 1.807) is 24.3 Å². The molecule has 0 unspecified atom stereocenters. The number of amides is 1. The summed E-state index contributed by atoms with van der Waals surface area (Å²) in [5.41, 5.74) is 2.00. The van der Waals surface area contributed by atoms with Gasteiger partial charge in [-0.15, -0.1) is 0 Å². The van der Waals surface area contributed by atoms with Gasteiger partial charge in [0.2, 0.25) is 10.0 Å². The standard InChI is InChI=1S/C20H22N2O5S/c1-28(24,25)21-16-7-4-14(5-8-16)20(23)22-10-2-3-17(22)15-6-9-18-19(13-15)27-12-11-26-18/h4-9,13,17,21H,2-3,10-12H2,1H3/t17-/m0/s1. The highest BCUT2D eigenvalue weighted by molar-refractivity contribution is 7.92. The van der Waals surface area contributed by atoms with Crippen molar-refractivity contribution in [2.45, 2.75) is 18.9 Å². The van der Waals surface area contributed by atoms with Crippen molar-refractivity contribution in [1.82, 2.24) is 4.90 Å². The lowest BCUT2D eigenvalue weighted by Gasteiger charge is -2.27. The molecule has 8 heteroatoms. The SMILES string of the molecule is CS(=O)(=O)Nc1ccc(C(=O)N2CCC[C@H]2c2ccc3c(c2)OCCO3)cc1. The van der Waals surface area contributed by atoms with Crippen molar-refractivity contribution >= 4 is 21.6 Å². The molecule has 1 atom stereocenters. The topological polar surface area (TPSA) is 84.9 Å². The van der Waals surface area contributed by atoms with Crippen molar-refractivity contribution < 1.29 is 22.7 Å². The number of carbonyl (C=O) groups is 1. The Labute approximate surface area is 164 Å². The van der Waals surface area contributed by atoms with Crippen LogP contribution in [0, 0.1) is 0 Å². The molecule has 7 nitrogen and oxygen atoms in total. The number of likely N-dealkylation sites (tertiary alicyclic amines) is 1. The monoisotopic (exact) mass is 402 g/mol. The fourth-order valence-corrected chi connectivity index (χ4v) is 4.25. The lowest BCUT2D eigenvalue weighted by Crippen LogP contribution is -2.30. The van der Waals surface area contributed by atoms with Crippen LogP contribution in [-0.4, -0.2) is 45.2 Å². The number of nitrogens with zero attached hydrogens (tertiary/aromatic N) is 1. The maximum absolute atomic E-state index is 13.0. The molecular formula is C20H22N2O5S. The molecule has 1 fully saturated rings. The van der Waals surface area contributed by atoms with Gasteiger partial charge >= 0.3 is 0 Å². The van der Waals surface area contributed by atoms with Crippen molar-refractivity contribution in [3.63, 3.8) is 0 Å². The summed E-state index contributed by atoms with van der Waals surface area (Å²) in [6.07, 6.45) is 2.91. The molecule has 1 saturated heterocycles. The van der Waals surface area contributed by atoms with Crippen LogP contribution in [0.25, 0.3) is 0 Å². The molecule has 2 aromatic rings. The molecule has 1 N–H and O–H groups in total. The first-order valence-electron chi connectivity index (χ1n) is 9.19. The normalized spacial score (nSPS) is 18.8. The van der Waals surface area contributed by atoms with Gasteiger partial charge in [-0.3, -0.25) is 9.52 Å². The van der Waals surface area contributed by atoms with E-state index in [1.807, 2.05) is 23.1 Å². The fourth-order valence-electron chi connectivity index (χ4n) is 3.68. The Kier molecular flexibility index (Phi) is 4.89. The Morgan fingerprint density at radius 3 is 2.50 bits per heavy atom. The number of ether oxygens (including phenoxy) is 2. The molecule has 0 radical (unpaired) electrons. The molecule has 2 aliphatic heterocycles. The van der Waals surface area contributed by atoms with E-state index in [0.29, 0.717) is 31.0 Å². The maximum atomic E-state index is 13.0. The van der Waals surface area contributed by atoms with Gasteiger partial charge < -0.3 is 14.4 Å². The first-order chi connectivity index (χ1) is 13.4. The lowest BCUT2D eigenvalue weighted by molar-refractivity contribution is 0.0735. The summed E-state index contributed by atoms with van der Waals surface area (Å²) in [5, 5.41) is 0. The summed E-state index contributed by atoms with van der Waals surface area (Å²) in [4.78, 5) is 14.9. The number of hydrogen-bond donors (Lipinski definition) is 1. The summed E-state index contributed by atoms with van der Waals surface area (Å²) in [6, 6.07) is 12.3. The van der Waals surface area contributed by atoms with Gasteiger partial charge in [0.15, 0.2) is 11.5 Å². The molecule has 148 valence electrons. The summed E-state index contributed by atoms with van der Waals surface area (Å²) in [7, 11) is -3.35. The van der Waals surface area contributed by atoms with Crippen LogP contribution in [0.2, 0.25) is 0 Å². The molecule has 28 heavy (non-hydrogen) atoms. The number of carbonyl (C=O) groups excluding carboxylic acids is 1. The molecule has 2 aliphatic rings. The average molecular weight is 402 g/mol. The Morgan fingerprint density at radius 2 is 1.79 bits per heavy atom. The van der Waals surface area contributed by atoms with E-state index in [0.717, 1.165) is 36.2 Å². The minimum Gasteiger partial charge on any atom is -0.486 e. The van der Waals surface area contributed by atoms with Crippen LogP contribution < -0.4 is 14.2 Å². The number of hydrogen-bond acceptors (Lipinski definition) is 5. The molecule has 0 saturated carbocycles. The number of rotatable bonds is 4. The van der Waals surface area contributed by atoms with Gasteiger partial charge in [0, 0.05) is 17.8 Å². The van der Waals surface area contributed by atoms with Gasteiger partial charge in [0.05, 0.1) is 12.3 Å². The van der Waals surface area contributed by atoms with Crippen molar-refractivity contribution in [2.24, 2.45) is 0 Å². The second-order valence-corrected chi connectivity index (χ2v) is 8.76. The Hall–Kier alpha value is -2.74. The molecule has 1 amide bonds. The summed E-state index contributed by atoms with van der Waals surface area (Å²) >= 11 is 0. The van der Waals surface area contributed by atoms with Crippen LogP contribution in [0.15, 0.2) is 42.5 Å². The Bertz CT molecular complexity index is 988. The van der Waals surface area contributed by atoms with E-state index >= 15 is 0 Å². The number of nitrogens with one attached hydrogen (secondary N) is 1. The van der Waals surface area contributed by atoms with Gasteiger partial charge in [0.1, 0.15) is 13.2 Å². The highest BCUT2D eigenvalue weighted by Gasteiger charge is 2.31. The number of anilines is 1. The number of fused-ring (bicyclic) bond motifs is 1. The third-order valence-electron chi connectivity index (χ3n) is 4.90. The Morgan fingerprint density at radius 1 is 1.07 bits per heavy atom. The minimum atomic E-state index is -3.35. The van der Waals surface area contributed by atoms with Crippen LogP contribution in [0.3, 0.4) is 0 Å².